The third kappa shape index (κ3) is 6.71. The molecule has 0 saturated carbocycles. The lowest BCUT2D eigenvalue weighted by Crippen LogP contribution is -2.31. The summed E-state index contributed by atoms with van der Waals surface area (Å²) in [7, 11) is 0. The first-order chi connectivity index (χ1) is 12.9. The van der Waals surface area contributed by atoms with Gasteiger partial charge in [0.05, 0.1) is 11.8 Å². The standard InChI is InChI=1S/C23H26N2O2/c1-23(2,3)27-22(26)20(16-10-11-17-24)25-21(18-12-6-4-7-13-18)19-14-8-5-9-15-19/h4-9,12-15,20H,10-11,16H2,1-3H3. The molecule has 0 radical (unpaired) electrons. The zero-order chi connectivity index (χ0) is 19.7. The predicted octanol–water partition coefficient (Wildman–Crippen LogP) is 4.93. The van der Waals surface area contributed by atoms with Crippen LogP contribution in [0.3, 0.4) is 0 Å². The summed E-state index contributed by atoms with van der Waals surface area (Å²) >= 11 is 0. The highest BCUT2D eigenvalue weighted by atomic mass is 16.6. The highest BCUT2D eigenvalue weighted by Gasteiger charge is 2.25. The molecule has 4 heteroatoms. The van der Waals surface area contributed by atoms with Crippen LogP contribution in [-0.2, 0) is 9.53 Å². The lowest BCUT2D eigenvalue weighted by molar-refractivity contribution is -0.156. The summed E-state index contributed by atoms with van der Waals surface area (Å²) in [5.74, 6) is -0.357. The van der Waals surface area contributed by atoms with Crippen LogP contribution in [0.4, 0.5) is 0 Å². The first-order valence-electron chi connectivity index (χ1n) is 9.19. The van der Waals surface area contributed by atoms with Crippen molar-refractivity contribution in [1.82, 2.24) is 0 Å². The molecule has 27 heavy (non-hydrogen) atoms. The van der Waals surface area contributed by atoms with Crippen LogP contribution in [0.2, 0.25) is 0 Å². The van der Waals surface area contributed by atoms with Crippen molar-refractivity contribution in [2.75, 3.05) is 0 Å². The number of ether oxygens (including phenoxy) is 1. The Balaban J connectivity index is 2.43. The molecule has 0 spiro atoms. The molecule has 2 aromatic carbocycles. The summed E-state index contributed by atoms with van der Waals surface area (Å²) in [5, 5.41) is 8.84. The van der Waals surface area contributed by atoms with Gasteiger partial charge < -0.3 is 4.74 Å². The lowest BCUT2D eigenvalue weighted by Gasteiger charge is -2.23. The number of hydrogen-bond donors (Lipinski definition) is 0. The van der Waals surface area contributed by atoms with Gasteiger partial charge in [-0.05, 0) is 33.6 Å². The van der Waals surface area contributed by atoms with E-state index in [0.717, 1.165) is 16.8 Å². The molecule has 0 saturated heterocycles. The summed E-state index contributed by atoms with van der Waals surface area (Å²) in [6.07, 6.45) is 1.47. The normalized spacial score (nSPS) is 11.9. The molecule has 0 aliphatic heterocycles. The van der Waals surface area contributed by atoms with E-state index in [0.29, 0.717) is 19.3 Å². The van der Waals surface area contributed by atoms with Crippen LogP contribution in [0.5, 0.6) is 0 Å². The Bertz CT molecular complexity index is 758. The molecule has 4 nitrogen and oxygen atoms in total. The largest absolute Gasteiger partial charge is 0.458 e. The molecule has 0 aliphatic carbocycles. The van der Waals surface area contributed by atoms with Gasteiger partial charge in [0.2, 0.25) is 0 Å². The second kappa shape index (κ2) is 9.68. The fourth-order valence-electron chi connectivity index (χ4n) is 2.64. The van der Waals surface area contributed by atoms with Crippen molar-refractivity contribution >= 4 is 11.7 Å². The van der Waals surface area contributed by atoms with Crippen LogP contribution in [0.25, 0.3) is 0 Å². The van der Waals surface area contributed by atoms with Gasteiger partial charge in [0.25, 0.3) is 0 Å². The summed E-state index contributed by atoms with van der Waals surface area (Å²) in [6.45, 7) is 5.53. The molecule has 140 valence electrons. The van der Waals surface area contributed by atoms with Gasteiger partial charge >= 0.3 is 5.97 Å². The van der Waals surface area contributed by atoms with Crippen LogP contribution < -0.4 is 0 Å². The minimum atomic E-state index is -0.645. The van der Waals surface area contributed by atoms with Crippen LogP contribution in [0.1, 0.15) is 51.2 Å². The minimum Gasteiger partial charge on any atom is -0.458 e. The number of nitriles is 1. The maximum Gasteiger partial charge on any atom is 0.331 e. The number of carbonyl (C=O) groups is 1. The van der Waals surface area contributed by atoms with Crippen molar-refractivity contribution in [3.8, 4) is 6.07 Å². The van der Waals surface area contributed by atoms with Crippen molar-refractivity contribution in [1.29, 1.82) is 5.26 Å². The zero-order valence-electron chi connectivity index (χ0n) is 16.2. The fourth-order valence-corrected chi connectivity index (χ4v) is 2.64. The number of aliphatic imine (C=N–C) groups is 1. The van der Waals surface area contributed by atoms with E-state index in [2.05, 4.69) is 6.07 Å². The second-order valence-corrected chi connectivity index (χ2v) is 7.31. The van der Waals surface area contributed by atoms with Gasteiger partial charge in [0.1, 0.15) is 11.6 Å². The van der Waals surface area contributed by atoms with Crippen molar-refractivity contribution < 1.29 is 9.53 Å². The summed E-state index contributed by atoms with van der Waals surface area (Å²) in [6, 6.07) is 21.1. The van der Waals surface area contributed by atoms with E-state index in [9.17, 15) is 4.79 Å². The van der Waals surface area contributed by atoms with Gasteiger partial charge in [-0.15, -0.1) is 0 Å². The average Bonchev–Trinajstić information content (AvgIpc) is 2.64. The molecule has 0 aromatic heterocycles. The Morgan fingerprint density at radius 1 is 1.04 bits per heavy atom. The number of esters is 1. The van der Waals surface area contributed by atoms with E-state index in [1.807, 2.05) is 81.4 Å². The van der Waals surface area contributed by atoms with Crippen molar-refractivity contribution in [3.05, 3.63) is 71.8 Å². The average molecular weight is 362 g/mol. The fraction of sp³-hybridized carbons (Fsp3) is 0.348. The van der Waals surface area contributed by atoms with Gasteiger partial charge in [-0.25, -0.2) is 4.79 Å². The first kappa shape index (κ1) is 20.4. The predicted molar refractivity (Wildman–Crippen MR) is 108 cm³/mol. The number of carbonyl (C=O) groups excluding carboxylic acids is 1. The van der Waals surface area contributed by atoms with Gasteiger partial charge in [0, 0.05) is 17.5 Å². The second-order valence-electron chi connectivity index (χ2n) is 7.31. The zero-order valence-corrected chi connectivity index (χ0v) is 16.2. The van der Waals surface area contributed by atoms with Crippen molar-refractivity contribution in [2.24, 2.45) is 4.99 Å². The Labute approximate surface area is 161 Å². The smallest absolute Gasteiger partial charge is 0.331 e. The molecule has 0 N–H and O–H groups in total. The van der Waals surface area contributed by atoms with E-state index in [1.165, 1.54) is 0 Å². The molecule has 1 atom stereocenters. The number of hydrogen-bond acceptors (Lipinski definition) is 4. The highest BCUT2D eigenvalue weighted by molar-refractivity contribution is 6.13. The quantitative estimate of drug-likeness (QED) is 0.399. The number of nitrogens with zero attached hydrogens (tertiary/aromatic N) is 2. The number of benzene rings is 2. The minimum absolute atomic E-state index is 0.357. The molecule has 0 fully saturated rings. The Hall–Kier alpha value is -2.93. The van der Waals surface area contributed by atoms with E-state index >= 15 is 0 Å². The Morgan fingerprint density at radius 3 is 2.00 bits per heavy atom. The van der Waals surface area contributed by atoms with Gasteiger partial charge in [-0.1, -0.05) is 60.7 Å². The maximum absolute atomic E-state index is 12.7. The molecular weight excluding hydrogens is 336 g/mol. The topological polar surface area (TPSA) is 62.5 Å². The first-order valence-corrected chi connectivity index (χ1v) is 9.19. The molecule has 0 aliphatic rings. The van der Waals surface area contributed by atoms with E-state index in [1.54, 1.807) is 0 Å². The monoisotopic (exact) mass is 362 g/mol. The number of unbranched alkanes of at least 4 members (excludes halogenated alkanes) is 1. The highest BCUT2D eigenvalue weighted by Crippen LogP contribution is 2.18. The summed E-state index contributed by atoms with van der Waals surface area (Å²) < 4.78 is 5.57. The molecular formula is C23H26N2O2. The molecule has 0 bridgehead atoms. The van der Waals surface area contributed by atoms with E-state index in [-0.39, 0.29) is 5.97 Å². The Kier molecular flexibility index (Phi) is 7.31. The van der Waals surface area contributed by atoms with Crippen LogP contribution >= 0.6 is 0 Å². The summed E-state index contributed by atoms with van der Waals surface area (Å²) in [4.78, 5) is 17.5. The molecule has 0 heterocycles. The SMILES string of the molecule is CC(C)(C)OC(=O)C(CCCC#N)N=C(c1ccccc1)c1ccccc1. The molecule has 2 aromatic rings. The van der Waals surface area contributed by atoms with Crippen molar-refractivity contribution in [3.63, 3.8) is 0 Å². The molecule has 1 unspecified atom stereocenters. The lowest BCUT2D eigenvalue weighted by atomic mass is 10.0. The molecule has 2 rings (SSSR count). The van der Waals surface area contributed by atoms with Gasteiger partial charge in [0.15, 0.2) is 0 Å². The van der Waals surface area contributed by atoms with Crippen LogP contribution in [-0.4, -0.2) is 23.3 Å². The third-order valence-corrected chi connectivity index (χ3v) is 3.82. The third-order valence-electron chi connectivity index (χ3n) is 3.82. The maximum atomic E-state index is 12.7. The van der Waals surface area contributed by atoms with E-state index in [4.69, 9.17) is 15.0 Å². The van der Waals surface area contributed by atoms with Crippen LogP contribution in [0, 0.1) is 11.3 Å². The van der Waals surface area contributed by atoms with Gasteiger partial charge in [-0.2, -0.15) is 5.26 Å². The molecule has 0 amide bonds. The van der Waals surface area contributed by atoms with Gasteiger partial charge in [-0.3, -0.25) is 4.99 Å². The van der Waals surface area contributed by atoms with E-state index < -0.39 is 11.6 Å². The van der Waals surface area contributed by atoms with Crippen LogP contribution in [0.15, 0.2) is 65.7 Å². The number of rotatable bonds is 7. The Morgan fingerprint density at radius 2 is 1.56 bits per heavy atom. The summed E-state index contributed by atoms with van der Waals surface area (Å²) in [5.41, 5.74) is 2.05. The van der Waals surface area contributed by atoms with Crippen molar-refractivity contribution in [2.45, 2.75) is 51.7 Å².